The Morgan fingerprint density at radius 3 is 2.91 bits per heavy atom. The van der Waals surface area contributed by atoms with E-state index in [0.717, 1.165) is 38.4 Å². The second-order valence-electron chi connectivity index (χ2n) is 6.32. The van der Waals surface area contributed by atoms with Gasteiger partial charge in [-0.15, -0.1) is 0 Å². The number of ether oxygens (including phenoxy) is 1. The van der Waals surface area contributed by atoms with Crippen LogP contribution in [-0.4, -0.2) is 59.9 Å². The van der Waals surface area contributed by atoms with Gasteiger partial charge in [0.15, 0.2) is 0 Å². The van der Waals surface area contributed by atoms with Crippen molar-refractivity contribution in [2.75, 3.05) is 44.4 Å². The number of nitrogens with one attached hydrogen (secondary N) is 1. The molecule has 5 heteroatoms. The van der Waals surface area contributed by atoms with Crippen molar-refractivity contribution >= 4 is 11.8 Å². The van der Waals surface area contributed by atoms with Gasteiger partial charge in [0.1, 0.15) is 5.75 Å². The average molecular weight is 322 g/mol. The molecule has 2 atom stereocenters. The molecule has 0 radical (unpaired) electrons. The van der Waals surface area contributed by atoms with Crippen LogP contribution in [0, 0.1) is 0 Å². The number of thioether (sulfide) groups is 1. The first-order valence-electron chi connectivity index (χ1n) is 8.12. The first-order chi connectivity index (χ1) is 10.7. The Labute approximate surface area is 137 Å². The maximum Gasteiger partial charge on any atom is 0.115 e. The van der Waals surface area contributed by atoms with Crippen molar-refractivity contribution in [1.82, 2.24) is 10.2 Å². The fraction of sp³-hybridized carbons (Fsp3) is 0.647. The number of rotatable bonds is 5. The zero-order valence-corrected chi connectivity index (χ0v) is 14.1. The van der Waals surface area contributed by atoms with Gasteiger partial charge >= 0.3 is 0 Å². The van der Waals surface area contributed by atoms with Gasteiger partial charge in [0.25, 0.3) is 0 Å². The molecule has 2 N–H and O–H groups in total. The van der Waals surface area contributed by atoms with Crippen molar-refractivity contribution in [3.63, 3.8) is 0 Å². The van der Waals surface area contributed by atoms with E-state index in [4.69, 9.17) is 4.74 Å². The molecule has 1 aromatic rings. The van der Waals surface area contributed by atoms with E-state index in [1.54, 1.807) is 6.07 Å². The van der Waals surface area contributed by atoms with Gasteiger partial charge in [0.05, 0.1) is 13.2 Å². The lowest BCUT2D eigenvalue weighted by Gasteiger charge is -2.43. The molecule has 0 amide bonds. The molecule has 0 saturated carbocycles. The zero-order chi connectivity index (χ0) is 15.4. The number of nitrogens with zero attached hydrogens (tertiary/aromatic N) is 1. The number of aromatic hydroxyl groups is 1. The van der Waals surface area contributed by atoms with E-state index in [2.05, 4.69) is 35.0 Å². The van der Waals surface area contributed by atoms with Crippen LogP contribution in [0.1, 0.15) is 24.9 Å². The highest BCUT2D eigenvalue weighted by molar-refractivity contribution is 7.99. The molecule has 3 rings (SSSR count). The summed E-state index contributed by atoms with van der Waals surface area (Å²) in [5.74, 6) is 2.79. The lowest BCUT2D eigenvalue weighted by atomic mass is 9.94. The summed E-state index contributed by atoms with van der Waals surface area (Å²) >= 11 is 2.06. The lowest BCUT2D eigenvalue weighted by molar-refractivity contribution is -0.0139. The quantitative estimate of drug-likeness (QED) is 0.870. The van der Waals surface area contributed by atoms with E-state index in [0.29, 0.717) is 5.75 Å². The number of hydrogen-bond acceptors (Lipinski definition) is 5. The van der Waals surface area contributed by atoms with Crippen LogP contribution in [0.5, 0.6) is 5.75 Å². The van der Waals surface area contributed by atoms with Gasteiger partial charge in [0.2, 0.25) is 0 Å². The fourth-order valence-corrected chi connectivity index (χ4v) is 4.87. The summed E-state index contributed by atoms with van der Waals surface area (Å²) in [6, 6.07) is 7.80. The minimum atomic E-state index is 0.246. The van der Waals surface area contributed by atoms with Crippen molar-refractivity contribution in [3.05, 3.63) is 29.8 Å². The predicted octanol–water partition coefficient (Wildman–Crippen LogP) is 2.25. The molecule has 2 aliphatic rings. The molecule has 0 unspecified atom stereocenters. The van der Waals surface area contributed by atoms with Crippen LogP contribution in [-0.2, 0) is 4.74 Å². The summed E-state index contributed by atoms with van der Waals surface area (Å²) in [7, 11) is 0. The standard InChI is InChI=1S/C17H26N2O2S/c1-14(15-3-2-4-16(20)11-15)18-12-17(5-10-22-13-17)19-6-8-21-9-7-19/h2-4,11,14,18,20H,5-10,12-13H2,1H3/t14-,17+/m1/s1. The Morgan fingerprint density at radius 1 is 1.41 bits per heavy atom. The number of benzene rings is 1. The highest BCUT2D eigenvalue weighted by Gasteiger charge is 2.40. The van der Waals surface area contributed by atoms with E-state index < -0.39 is 0 Å². The summed E-state index contributed by atoms with van der Waals surface area (Å²) in [4.78, 5) is 2.62. The van der Waals surface area contributed by atoms with Crippen molar-refractivity contribution in [2.45, 2.75) is 24.9 Å². The second kappa shape index (κ2) is 7.21. The molecule has 4 nitrogen and oxygen atoms in total. The Morgan fingerprint density at radius 2 is 2.23 bits per heavy atom. The number of hydrogen-bond donors (Lipinski definition) is 2. The molecule has 0 aromatic heterocycles. The molecule has 0 bridgehead atoms. The first kappa shape index (κ1) is 16.1. The van der Waals surface area contributed by atoms with Gasteiger partial charge in [-0.3, -0.25) is 4.90 Å². The maximum absolute atomic E-state index is 9.64. The first-order valence-corrected chi connectivity index (χ1v) is 9.28. The molecule has 122 valence electrons. The number of phenols is 1. The van der Waals surface area contributed by atoms with Crippen LogP contribution in [0.2, 0.25) is 0 Å². The van der Waals surface area contributed by atoms with Crippen molar-refractivity contribution in [1.29, 1.82) is 0 Å². The van der Waals surface area contributed by atoms with Gasteiger partial charge in [-0.25, -0.2) is 0 Å². The highest BCUT2D eigenvalue weighted by atomic mass is 32.2. The smallest absolute Gasteiger partial charge is 0.115 e. The Hall–Kier alpha value is -0.750. The molecule has 2 heterocycles. The minimum absolute atomic E-state index is 0.246. The molecular formula is C17H26N2O2S. The van der Waals surface area contributed by atoms with E-state index in [9.17, 15) is 5.11 Å². The number of phenolic OH excluding ortho intramolecular Hbond substituents is 1. The Kier molecular flexibility index (Phi) is 5.29. The third-order valence-corrected chi connectivity index (χ3v) is 6.11. The van der Waals surface area contributed by atoms with Gasteiger partial charge in [-0.05, 0) is 36.8 Å². The average Bonchev–Trinajstić information content (AvgIpc) is 3.04. The Balaban J connectivity index is 1.64. The molecule has 1 aromatic carbocycles. The second-order valence-corrected chi connectivity index (χ2v) is 7.43. The third kappa shape index (κ3) is 3.59. The summed E-state index contributed by atoms with van der Waals surface area (Å²) in [6.45, 7) is 6.97. The van der Waals surface area contributed by atoms with Crippen LogP contribution in [0.3, 0.4) is 0 Å². The van der Waals surface area contributed by atoms with Gasteiger partial charge in [-0.1, -0.05) is 12.1 Å². The van der Waals surface area contributed by atoms with E-state index in [-0.39, 0.29) is 11.6 Å². The zero-order valence-electron chi connectivity index (χ0n) is 13.3. The molecular weight excluding hydrogens is 296 g/mol. The van der Waals surface area contributed by atoms with Crippen LogP contribution >= 0.6 is 11.8 Å². The molecule has 2 aliphatic heterocycles. The normalized spacial score (nSPS) is 27.9. The molecule has 22 heavy (non-hydrogen) atoms. The van der Waals surface area contributed by atoms with Gasteiger partial charge in [-0.2, -0.15) is 11.8 Å². The van der Waals surface area contributed by atoms with Gasteiger partial charge < -0.3 is 15.2 Å². The molecule has 0 aliphatic carbocycles. The molecule has 2 saturated heterocycles. The van der Waals surface area contributed by atoms with Crippen LogP contribution in [0.25, 0.3) is 0 Å². The maximum atomic E-state index is 9.64. The van der Waals surface area contributed by atoms with Crippen LogP contribution < -0.4 is 5.32 Å². The largest absolute Gasteiger partial charge is 0.508 e. The number of morpholine rings is 1. The molecule has 0 spiro atoms. The summed E-state index contributed by atoms with van der Waals surface area (Å²) in [6.07, 6.45) is 1.25. The monoisotopic (exact) mass is 322 g/mol. The molecule has 2 fully saturated rings. The van der Waals surface area contributed by atoms with E-state index in [1.165, 1.54) is 17.9 Å². The van der Waals surface area contributed by atoms with Crippen LogP contribution in [0.15, 0.2) is 24.3 Å². The summed E-state index contributed by atoms with van der Waals surface area (Å²) in [5, 5.41) is 13.3. The topological polar surface area (TPSA) is 44.7 Å². The third-order valence-electron chi connectivity index (χ3n) is 4.87. The van der Waals surface area contributed by atoms with Crippen molar-refractivity contribution < 1.29 is 9.84 Å². The fourth-order valence-electron chi connectivity index (χ4n) is 3.39. The lowest BCUT2D eigenvalue weighted by Crippen LogP contribution is -2.58. The van der Waals surface area contributed by atoms with Gasteiger partial charge in [0, 0.05) is 37.0 Å². The van der Waals surface area contributed by atoms with Crippen LogP contribution in [0.4, 0.5) is 0 Å². The summed E-state index contributed by atoms with van der Waals surface area (Å²) in [5.41, 5.74) is 1.40. The Bertz CT molecular complexity index is 485. The van der Waals surface area contributed by atoms with Crippen molar-refractivity contribution in [2.24, 2.45) is 0 Å². The predicted molar refractivity (Wildman–Crippen MR) is 91.6 cm³/mol. The minimum Gasteiger partial charge on any atom is -0.508 e. The van der Waals surface area contributed by atoms with Crippen molar-refractivity contribution in [3.8, 4) is 5.75 Å². The highest BCUT2D eigenvalue weighted by Crippen LogP contribution is 2.34. The SMILES string of the molecule is C[C@@H](NC[C@@]1(N2CCOCC2)CCSC1)c1cccc(O)c1. The van der Waals surface area contributed by atoms with E-state index >= 15 is 0 Å². The summed E-state index contributed by atoms with van der Waals surface area (Å²) < 4.78 is 5.52. The van der Waals surface area contributed by atoms with E-state index in [1.807, 2.05) is 12.1 Å².